The van der Waals surface area contributed by atoms with Gasteiger partial charge in [-0.3, -0.25) is 0 Å². The molecule has 3 nitrogen and oxygen atoms in total. The molecule has 0 aromatic heterocycles. The van der Waals surface area contributed by atoms with E-state index in [-0.39, 0.29) is 12.0 Å². The first kappa shape index (κ1) is 12.4. The van der Waals surface area contributed by atoms with Crippen LogP contribution in [0.5, 0.6) is 5.75 Å². The summed E-state index contributed by atoms with van der Waals surface area (Å²) in [5.74, 6) is 0.913. The fourth-order valence-corrected chi connectivity index (χ4v) is 2.65. The Bertz CT molecular complexity index is 384. The quantitative estimate of drug-likeness (QED) is 0.836. The van der Waals surface area contributed by atoms with Crippen LogP contribution >= 0.6 is 0 Å². The van der Waals surface area contributed by atoms with Gasteiger partial charge in [-0.25, -0.2) is 0 Å². The maximum absolute atomic E-state index is 9.75. The van der Waals surface area contributed by atoms with Crippen molar-refractivity contribution in [3.63, 3.8) is 0 Å². The summed E-state index contributed by atoms with van der Waals surface area (Å²) in [5, 5.41) is 13.1. The van der Waals surface area contributed by atoms with E-state index in [2.05, 4.69) is 24.4 Å². The predicted molar refractivity (Wildman–Crippen MR) is 68.6 cm³/mol. The van der Waals surface area contributed by atoms with Crippen LogP contribution in [-0.4, -0.2) is 31.9 Å². The second-order valence-corrected chi connectivity index (χ2v) is 4.87. The summed E-state index contributed by atoms with van der Waals surface area (Å²) in [6, 6.07) is 6.25. The van der Waals surface area contributed by atoms with Crippen LogP contribution in [0.2, 0.25) is 0 Å². The molecular formula is C14H21NO2. The van der Waals surface area contributed by atoms with Gasteiger partial charge in [0.05, 0.1) is 13.7 Å². The van der Waals surface area contributed by atoms with Crippen LogP contribution in [0.15, 0.2) is 18.2 Å². The Kier molecular flexibility index (Phi) is 3.69. The van der Waals surface area contributed by atoms with Crippen molar-refractivity contribution in [2.75, 3.05) is 26.8 Å². The monoisotopic (exact) mass is 235 g/mol. The number of benzene rings is 1. The van der Waals surface area contributed by atoms with Crippen molar-refractivity contribution in [3.05, 3.63) is 29.3 Å². The molecule has 94 valence electrons. The van der Waals surface area contributed by atoms with Crippen molar-refractivity contribution >= 4 is 0 Å². The zero-order chi connectivity index (χ0) is 12.3. The average Bonchev–Trinajstić information content (AvgIpc) is 2.39. The maximum Gasteiger partial charge on any atom is 0.121 e. The molecule has 0 unspecified atom stereocenters. The normalized spacial score (nSPS) is 19.0. The zero-order valence-electron chi connectivity index (χ0n) is 10.6. The molecule has 1 aliphatic rings. The number of ether oxygens (including phenoxy) is 1. The third-order valence-corrected chi connectivity index (χ3v) is 3.87. The van der Waals surface area contributed by atoms with Gasteiger partial charge in [0, 0.05) is 5.41 Å². The summed E-state index contributed by atoms with van der Waals surface area (Å²) in [7, 11) is 1.69. The lowest BCUT2D eigenvalue weighted by Gasteiger charge is -2.36. The molecule has 0 amide bonds. The van der Waals surface area contributed by atoms with E-state index in [9.17, 15) is 5.11 Å². The molecule has 1 heterocycles. The summed E-state index contributed by atoms with van der Waals surface area (Å²) < 4.78 is 5.28. The van der Waals surface area contributed by atoms with E-state index in [4.69, 9.17) is 4.74 Å². The number of aliphatic hydroxyl groups excluding tert-OH is 1. The highest BCUT2D eigenvalue weighted by atomic mass is 16.5. The van der Waals surface area contributed by atoms with Crippen molar-refractivity contribution in [3.8, 4) is 5.75 Å². The zero-order valence-corrected chi connectivity index (χ0v) is 10.6. The Morgan fingerprint density at radius 1 is 1.35 bits per heavy atom. The first-order chi connectivity index (χ1) is 8.22. The van der Waals surface area contributed by atoms with Gasteiger partial charge in [-0.1, -0.05) is 12.1 Å². The van der Waals surface area contributed by atoms with Gasteiger partial charge >= 0.3 is 0 Å². The lowest BCUT2D eigenvalue weighted by atomic mass is 9.73. The highest BCUT2D eigenvalue weighted by Gasteiger charge is 2.33. The molecular weight excluding hydrogens is 214 g/mol. The topological polar surface area (TPSA) is 41.5 Å². The van der Waals surface area contributed by atoms with Crippen molar-refractivity contribution in [1.29, 1.82) is 0 Å². The molecule has 1 fully saturated rings. The molecule has 1 aromatic carbocycles. The Hall–Kier alpha value is -1.06. The number of aryl methyl sites for hydroxylation is 1. The van der Waals surface area contributed by atoms with Crippen molar-refractivity contribution in [1.82, 2.24) is 5.32 Å². The van der Waals surface area contributed by atoms with E-state index in [0.717, 1.165) is 37.2 Å². The maximum atomic E-state index is 9.75. The van der Waals surface area contributed by atoms with Gasteiger partial charge in [-0.05, 0) is 50.0 Å². The van der Waals surface area contributed by atoms with Crippen LogP contribution in [0.3, 0.4) is 0 Å². The van der Waals surface area contributed by atoms with E-state index < -0.39 is 0 Å². The summed E-state index contributed by atoms with van der Waals surface area (Å²) >= 11 is 0. The fraction of sp³-hybridized carbons (Fsp3) is 0.571. The van der Waals surface area contributed by atoms with Crippen molar-refractivity contribution < 1.29 is 9.84 Å². The first-order valence-electron chi connectivity index (χ1n) is 6.18. The van der Waals surface area contributed by atoms with E-state index in [1.807, 2.05) is 6.07 Å². The summed E-state index contributed by atoms with van der Waals surface area (Å²) in [6.07, 6.45) is 1.99. The van der Waals surface area contributed by atoms with Gasteiger partial charge in [0.1, 0.15) is 5.75 Å². The molecule has 2 rings (SSSR count). The van der Waals surface area contributed by atoms with E-state index in [1.54, 1.807) is 7.11 Å². The molecule has 1 aromatic rings. The number of nitrogens with one attached hydrogen (secondary N) is 1. The Labute approximate surface area is 103 Å². The third-order valence-electron chi connectivity index (χ3n) is 3.87. The van der Waals surface area contributed by atoms with Crippen LogP contribution in [0.1, 0.15) is 24.0 Å². The minimum absolute atomic E-state index is 0.0672. The van der Waals surface area contributed by atoms with Gasteiger partial charge in [-0.15, -0.1) is 0 Å². The number of piperidine rings is 1. The standard InChI is InChI=1S/C14H21NO2/c1-11-9-12(3-4-13(11)17-2)14(10-16)5-7-15-8-6-14/h3-4,9,15-16H,5-8,10H2,1-2H3. The van der Waals surface area contributed by atoms with Gasteiger partial charge < -0.3 is 15.2 Å². The van der Waals surface area contributed by atoms with E-state index >= 15 is 0 Å². The molecule has 3 heteroatoms. The lowest BCUT2D eigenvalue weighted by molar-refractivity contribution is 0.158. The van der Waals surface area contributed by atoms with Crippen molar-refractivity contribution in [2.24, 2.45) is 0 Å². The summed E-state index contributed by atoms with van der Waals surface area (Å²) in [4.78, 5) is 0. The number of hydrogen-bond donors (Lipinski definition) is 2. The fourth-order valence-electron chi connectivity index (χ4n) is 2.65. The van der Waals surface area contributed by atoms with Crippen LogP contribution in [0.4, 0.5) is 0 Å². The average molecular weight is 235 g/mol. The van der Waals surface area contributed by atoms with Gasteiger partial charge in [0.15, 0.2) is 0 Å². The minimum atomic E-state index is -0.0672. The first-order valence-corrected chi connectivity index (χ1v) is 6.18. The van der Waals surface area contributed by atoms with Gasteiger partial charge in [-0.2, -0.15) is 0 Å². The van der Waals surface area contributed by atoms with Gasteiger partial charge in [0.2, 0.25) is 0 Å². The second-order valence-electron chi connectivity index (χ2n) is 4.87. The summed E-state index contributed by atoms with van der Waals surface area (Å²) in [6.45, 7) is 4.23. The predicted octanol–water partition coefficient (Wildman–Crippen LogP) is 1.62. The highest BCUT2D eigenvalue weighted by Crippen LogP contribution is 2.35. The molecule has 0 aliphatic carbocycles. The number of hydrogen-bond acceptors (Lipinski definition) is 3. The summed E-state index contributed by atoms with van der Waals surface area (Å²) in [5.41, 5.74) is 2.30. The minimum Gasteiger partial charge on any atom is -0.496 e. The number of rotatable bonds is 3. The molecule has 0 saturated carbocycles. The smallest absolute Gasteiger partial charge is 0.121 e. The SMILES string of the molecule is COc1ccc(C2(CO)CCNCC2)cc1C. The second kappa shape index (κ2) is 5.07. The number of methoxy groups -OCH3 is 1. The van der Waals surface area contributed by atoms with Crippen LogP contribution in [0, 0.1) is 6.92 Å². The largest absolute Gasteiger partial charge is 0.496 e. The molecule has 0 bridgehead atoms. The molecule has 0 radical (unpaired) electrons. The lowest BCUT2D eigenvalue weighted by Crippen LogP contribution is -2.42. The third kappa shape index (κ3) is 2.31. The Balaban J connectivity index is 2.33. The molecule has 0 spiro atoms. The number of aliphatic hydroxyl groups is 1. The van der Waals surface area contributed by atoms with Crippen LogP contribution in [0.25, 0.3) is 0 Å². The molecule has 2 N–H and O–H groups in total. The van der Waals surface area contributed by atoms with Crippen LogP contribution < -0.4 is 10.1 Å². The molecule has 1 saturated heterocycles. The van der Waals surface area contributed by atoms with E-state index in [1.165, 1.54) is 5.56 Å². The van der Waals surface area contributed by atoms with Crippen molar-refractivity contribution in [2.45, 2.75) is 25.2 Å². The Morgan fingerprint density at radius 3 is 2.59 bits per heavy atom. The Morgan fingerprint density at radius 2 is 2.06 bits per heavy atom. The molecule has 17 heavy (non-hydrogen) atoms. The molecule has 1 aliphatic heterocycles. The molecule has 0 atom stereocenters. The van der Waals surface area contributed by atoms with Crippen LogP contribution in [-0.2, 0) is 5.41 Å². The highest BCUT2D eigenvalue weighted by molar-refractivity contribution is 5.39. The van der Waals surface area contributed by atoms with Gasteiger partial charge in [0.25, 0.3) is 0 Å². The van der Waals surface area contributed by atoms with E-state index in [0.29, 0.717) is 0 Å².